The number of ether oxygens (including phenoxy) is 1. The summed E-state index contributed by atoms with van der Waals surface area (Å²) in [5.74, 6) is -0.416. The van der Waals surface area contributed by atoms with Crippen molar-refractivity contribution in [1.29, 1.82) is 0 Å². The van der Waals surface area contributed by atoms with Gasteiger partial charge in [-0.25, -0.2) is 27.2 Å². The Morgan fingerprint density at radius 1 is 1.00 bits per heavy atom. The predicted octanol–water partition coefficient (Wildman–Crippen LogP) is 4.95. The molecule has 35 heavy (non-hydrogen) atoms. The number of rotatable bonds is 6. The highest BCUT2D eigenvalue weighted by Gasteiger charge is 2.26. The molecule has 0 atom stereocenters. The van der Waals surface area contributed by atoms with E-state index in [4.69, 9.17) is 4.74 Å². The minimum absolute atomic E-state index is 0.0621. The lowest BCUT2D eigenvalue weighted by Crippen LogP contribution is -2.18. The summed E-state index contributed by atoms with van der Waals surface area (Å²) in [7, 11) is -2.85. The normalized spacial score (nSPS) is 11.3. The van der Waals surface area contributed by atoms with Crippen LogP contribution >= 0.6 is 0 Å². The molecule has 0 fully saturated rings. The van der Waals surface area contributed by atoms with Gasteiger partial charge in [0.2, 0.25) is 5.95 Å². The third kappa shape index (κ3) is 4.67. The fraction of sp³-hybridized carbons (Fsp3) is 0.192. The number of carbonyl (C=O) groups is 1. The van der Waals surface area contributed by atoms with E-state index in [1.165, 1.54) is 31.5 Å². The molecule has 0 saturated carbocycles. The van der Waals surface area contributed by atoms with E-state index in [1.54, 1.807) is 18.3 Å². The van der Waals surface area contributed by atoms with E-state index in [1.807, 2.05) is 45.9 Å². The number of carbonyl (C=O) groups excluding carboxylic acids is 1. The summed E-state index contributed by atoms with van der Waals surface area (Å²) in [6.45, 7) is 7.71. The summed E-state index contributed by atoms with van der Waals surface area (Å²) < 4.78 is 32.6. The largest absolute Gasteiger partial charge is 0.464 e. The highest BCUT2D eigenvalue weighted by molar-refractivity contribution is 7.90. The maximum Gasteiger partial charge on any atom is 0.355 e. The van der Waals surface area contributed by atoms with E-state index in [0.29, 0.717) is 17.2 Å². The number of hydrogen-bond donors (Lipinski definition) is 1. The van der Waals surface area contributed by atoms with Crippen molar-refractivity contribution < 1.29 is 17.9 Å². The topological polar surface area (TPSA) is 103 Å². The van der Waals surface area contributed by atoms with Gasteiger partial charge in [0.1, 0.15) is 5.69 Å². The summed E-state index contributed by atoms with van der Waals surface area (Å²) in [4.78, 5) is 21.6. The maximum atomic E-state index is 13.4. The first-order valence-electron chi connectivity index (χ1n) is 10.9. The number of aryl methyl sites for hydroxylation is 3. The van der Waals surface area contributed by atoms with Gasteiger partial charge in [-0.15, -0.1) is 0 Å². The van der Waals surface area contributed by atoms with Crippen LogP contribution in [0.5, 0.6) is 0 Å². The molecule has 0 aliphatic rings. The molecule has 0 spiro atoms. The SMILES string of the molecule is COC(=O)c1cc(-c2nc(Nc3cccc(C)c3C)ncc2C)cn1S(=O)(=O)c1ccc(C)cc1. The number of anilines is 2. The molecule has 2 aromatic carbocycles. The molecular weight excluding hydrogens is 464 g/mol. The van der Waals surface area contributed by atoms with Gasteiger partial charge in [0.25, 0.3) is 10.0 Å². The van der Waals surface area contributed by atoms with Crippen molar-refractivity contribution >= 4 is 27.6 Å². The van der Waals surface area contributed by atoms with Gasteiger partial charge in [-0.1, -0.05) is 29.8 Å². The molecule has 0 radical (unpaired) electrons. The molecule has 4 aromatic rings. The lowest BCUT2D eigenvalue weighted by atomic mass is 10.1. The minimum Gasteiger partial charge on any atom is -0.464 e. The van der Waals surface area contributed by atoms with Crippen LogP contribution in [0.15, 0.2) is 65.8 Å². The average molecular weight is 491 g/mol. The standard InChI is InChI=1S/C26H26N4O4S/c1-16-9-11-21(12-10-16)35(32,33)30-15-20(13-23(30)25(31)34-5)24-18(3)14-27-26(29-24)28-22-8-6-7-17(2)19(22)4/h6-15H,1-5H3,(H,27,28,29). The molecule has 0 bridgehead atoms. The molecule has 8 nitrogen and oxygen atoms in total. The highest BCUT2D eigenvalue weighted by atomic mass is 32.2. The summed E-state index contributed by atoms with van der Waals surface area (Å²) in [5.41, 5.74) is 5.54. The Kier molecular flexibility index (Phi) is 6.45. The molecular formula is C26H26N4O4S. The number of hydrogen-bond acceptors (Lipinski definition) is 7. The van der Waals surface area contributed by atoms with Crippen molar-refractivity contribution in [3.8, 4) is 11.3 Å². The molecule has 2 aromatic heterocycles. The number of nitrogens with one attached hydrogen (secondary N) is 1. The quantitative estimate of drug-likeness (QED) is 0.382. The van der Waals surface area contributed by atoms with E-state index in [2.05, 4.69) is 15.3 Å². The Morgan fingerprint density at radius 3 is 2.40 bits per heavy atom. The van der Waals surface area contributed by atoms with Gasteiger partial charge >= 0.3 is 5.97 Å². The van der Waals surface area contributed by atoms with Crippen LogP contribution in [-0.2, 0) is 14.8 Å². The number of esters is 1. The first-order valence-corrected chi connectivity index (χ1v) is 12.4. The van der Waals surface area contributed by atoms with Crippen molar-refractivity contribution in [2.75, 3.05) is 12.4 Å². The minimum atomic E-state index is -4.05. The Bertz CT molecular complexity index is 1520. The van der Waals surface area contributed by atoms with Crippen molar-refractivity contribution in [1.82, 2.24) is 13.9 Å². The molecule has 4 rings (SSSR count). The van der Waals surface area contributed by atoms with Crippen molar-refractivity contribution in [3.63, 3.8) is 0 Å². The van der Waals surface area contributed by atoms with Crippen molar-refractivity contribution in [2.45, 2.75) is 32.6 Å². The summed E-state index contributed by atoms with van der Waals surface area (Å²) in [6, 6.07) is 13.8. The Balaban J connectivity index is 1.81. The Labute approximate surface area is 204 Å². The van der Waals surface area contributed by atoms with Gasteiger partial charge in [-0.05, 0) is 68.7 Å². The van der Waals surface area contributed by atoms with Gasteiger partial charge in [0.05, 0.1) is 17.7 Å². The van der Waals surface area contributed by atoms with Crippen LogP contribution in [0.2, 0.25) is 0 Å². The van der Waals surface area contributed by atoms with Gasteiger partial charge in [0, 0.05) is 23.6 Å². The van der Waals surface area contributed by atoms with Crippen LogP contribution in [0.3, 0.4) is 0 Å². The lowest BCUT2D eigenvalue weighted by Gasteiger charge is -2.11. The van der Waals surface area contributed by atoms with Crippen LogP contribution < -0.4 is 5.32 Å². The molecule has 0 aliphatic heterocycles. The fourth-order valence-electron chi connectivity index (χ4n) is 3.65. The van der Waals surface area contributed by atoms with E-state index < -0.39 is 16.0 Å². The zero-order valence-corrected chi connectivity index (χ0v) is 21.0. The first kappa shape index (κ1) is 24.2. The van der Waals surface area contributed by atoms with Crippen LogP contribution in [0, 0.1) is 27.7 Å². The summed E-state index contributed by atoms with van der Waals surface area (Å²) >= 11 is 0. The van der Waals surface area contributed by atoms with Crippen LogP contribution in [0.25, 0.3) is 11.3 Å². The monoisotopic (exact) mass is 490 g/mol. The number of aromatic nitrogens is 3. The van der Waals surface area contributed by atoms with Crippen molar-refractivity contribution in [2.24, 2.45) is 0 Å². The molecule has 2 heterocycles. The summed E-state index contributed by atoms with van der Waals surface area (Å²) in [5, 5.41) is 3.23. The second kappa shape index (κ2) is 9.34. The van der Waals surface area contributed by atoms with Gasteiger partial charge in [-0.3, -0.25) is 0 Å². The number of nitrogens with zero attached hydrogens (tertiary/aromatic N) is 3. The lowest BCUT2D eigenvalue weighted by molar-refractivity contribution is 0.0593. The third-order valence-corrected chi connectivity index (χ3v) is 7.54. The second-order valence-corrected chi connectivity index (χ2v) is 10.1. The zero-order chi connectivity index (χ0) is 25.3. The molecule has 0 saturated heterocycles. The smallest absolute Gasteiger partial charge is 0.355 e. The van der Waals surface area contributed by atoms with Gasteiger partial charge in [0.15, 0.2) is 0 Å². The van der Waals surface area contributed by atoms with Crippen LogP contribution in [-0.4, -0.2) is 35.4 Å². The van der Waals surface area contributed by atoms with Crippen LogP contribution in [0.1, 0.15) is 32.7 Å². The van der Waals surface area contributed by atoms with E-state index in [0.717, 1.165) is 31.9 Å². The Hall–Kier alpha value is -3.98. The molecule has 0 unspecified atom stereocenters. The zero-order valence-electron chi connectivity index (χ0n) is 20.2. The Morgan fingerprint density at radius 2 is 1.71 bits per heavy atom. The van der Waals surface area contributed by atoms with E-state index in [9.17, 15) is 13.2 Å². The number of methoxy groups -OCH3 is 1. The van der Waals surface area contributed by atoms with Crippen LogP contribution in [0.4, 0.5) is 11.6 Å². The highest BCUT2D eigenvalue weighted by Crippen LogP contribution is 2.29. The third-order valence-electron chi connectivity index (χ3n) is 5.85. The molecule has 1 N–H and O–H groups in total. The predicted molar refractivity (Wildman–Crippen MR) is 134 cm³/mol. The van der Waals surface area contributed by atoms with E-state index >= 15 is 0 Å². The molecule has 180 valence electrons. The maximum absolute atomic E-state index is 13.4. The average Bonchev–Trinajstić information content (AvgIpc) is 3.29. The summed E-state index contributed by atoms with van der Waals surface area (Å²) in [6.07, 6.45) is 3.04. The van der Waals surface area contributed by atoms with Crippen molar-refractivity contribution in [3.05, 3.63) is 88.9 Å². The van der Waals surface area contributed by atoms with Gasteiger partial charge in [-0.2, -0.15) is 0 Å². The first-order chi connectivity index (χ1) is 16.6. The molecule has 0 aliphatic carbocycles. The molecule has 9 heteroatoms. The van der Waals surface area contributed by atoms with E-state index in [-0.39, 0.29) is 10.6 Å². The molecule has 0 amide bonds. The van der Waals surface area contributed by atoms with Gasteiger partial charge < -0.3 is 10.1 Å². The number of benzene rings is 2. The second-order valence-electron chi connectivity index (χ2n) is 8.32. The fourth-order valence-corrected chi connectivity index (χ4v) is 5.00.